The van der Waals surface area contributed by atoms with Gasteiger partial charge in [-0.15, -0.1) is 0 Å². The summed E-state index contributed by atoms with van der Waals surface area (Å²) in [5.74, 6) is 0. The zero-order chi connectivity index (χ0) is 32.6. The minimum atomic E-state index is -1.93. The van der Waals surface area contributed by atoms with Gasteiger partial charge in [-0.05, 0) is 12.5 Å². The first-order chi connectivity index (χ1) is 20.7. The van der Waals surface area contributed by atoms with Crippen LogP contribution in [0.25, 0.3) is 0 Å². The molecule has 3 aliphatic heterocycles. The number of hydrogen-bond acceptors (Lipinski definition) is 19. The molecular formula is C25H43NO18. The summed E-state index contributed by atoms with van der Waals surface area (Å²) in [6, 6.07) is -2.17. The summed E-state index contributed by atoms with van der Waals surface area (Å²) < 4.78 is 27.4. The Balaban J connectivity index is 1.42. The summed E-state index contributed by atoms with van der Waals surface area (Å²) in [6.07, 6.45) is -26.6. The Kier molecular flexibility index (Phi) is 12.1. The molecule has 19 heteroatoms. The van der Waals surface area contributed by atoms with Crippen LogP contribution in [0.2, 0.25) is 0 Å². The molecule has 44 heavy (non-hydrogen) atoms. The summed E-state index contributed by atoms with van der Waals surface area (Å²) >= 11 is 0. The third kappa shape index (κ3) is 6.96. The molecule has 3 fully saturated rings. The van der Waals surface area contributed by atoms with E-state index in [9.17, 15) is 66.4 Å². The molecule has 0 amide bonds. The monoisotopic (exact) mass is 645 g/mol. The predicted molar refractivity (Wildman–Crippen MR) is 138 cm³/mol. The molecule has 1 aliphatic carbocycles. The molecule has 4 aliphatic rings. The van der Waals surface area contributed by atoms with Gasteiger partial charge in [0.2, 0.25) is 0 Å². The number of aliphatic hydroxyl groups is 13. The highest BCUT2D eigenvalue weighted by Crippen LogP contribution is 2.32. The van der Waals surface area contributed by atoms with Crippen molar-refractivity contribution in [3.05, 3.63) is 11.6 Å². The molecule has 3 heterocycles. The topological polar surface area (TPSA) is 321 Å². The zero-order valence-electron chi connectivity index (χ0n) is 23.5. The highest BCUT2D eigenvalue weighted by Gasteiger charge is 2.53. The summed E-state index contributed by atoms with van der Waals surface area (Å²) in [7, 11) is 0. The number of rotatable bonds is 9. The van der Waals surface area contributed by atoms with Crippen LogP contribution in [0.1, 0.15) is 6.92 Å². The van der Waals surface area contributed by atoms with Crippen LogP contribution in [0.15, 0.2) is 11.6 Å². The highest BCUT2D eigenvalue weighted by atomic mass is 16.7. The average molecular weight is 646 g/mol. The van der Waals surface area contributed by atoms with Gasteiger partial charge in [0.05, 0.1) is 38.0 Å². The molecule has 0 bridgehead atoms. The molecule has 0 spiro atoms. The minimum Gasteiger partial charge on any atom is -0.394 e. The van der Waals surface area contributed by atoms with Gasteiger partial charge in [-0.3, -0.25) is 0 Å². The van der Waals surface area contributed by atoms with Crippen molar-refractivity contribution in [3.63, 3.8) is 0 Å². The van der Waals surface area contributed by atoms with Gasteiger partial charge in [0, 0.05) is 0 Å². The molecular weight excluding hydrogens is 602 g/mol. The largest absolute Gasteiger partial charge is 0.394 e. The van der Waals surface area contributed by atoms with Crippen LogP contribution in [-0.2, 0) is 23.7 Å². The first kappa shape index (κ1) is 35.8. The fourth-order valence-corrected chi connectivity index (χ4v) is 5.81. The molecule has 13 unspecified atom stereocenters. The van der Waals surface area contributed by atoms with Crippen molar-refractivity contribution in [1.82, 2.24) is 5.32 Å². The molecule has 0 aromatic rings. The zero-order valence-corrected chi connectivity index (χ0v) is 23.5. The normalized spacial score (nSPS) is 52.0. The molecule has 0 aromatic carbocycles. The molecule has 3 saturated heterocycles. The fourth-order valence-electron chi connectivity index (χ4n) is 5.81. The maximum absolute atomic E-state index is 10.9. The van der Waals surface area contributed by atoms with Gasteiger partial charge in [-0.1, -0.05) is 6.08 Å². The quantitative estimate of drug-likeness (QED) is 0.103. The molecule has 4 rings (SSSR count). The Hall–Kier alpha value is -1.02. The van der Waals surface area contributed by atoms with E-state index >= 15 is 0 Å². The summed E-state index contributed by atoms with van der Waals surface area (Å²) in [6.45, 7) is -0.753. The summed E-state index contributed by atoms with van der Waals surface area (Å²) in [5, 5.41) is 136. The van der Waals surface area contributed by atoms with Gasteiger partial charge in [0.1, 0.15) is 79.4 Å². The lowest BCUT2D eigenvalue weighted by molar-refractivity contribution is -0.373. The van der Waals surface area contributed by atoms with E-state index in [1.54, 1.807) is 0 Å². The standard InChI is InChI=1S/C25H43NO18/c1-6-11(26-8-2-7(3-27)12(30)15(33)13(8)31)14(32)19(37)24(40-6)43-22-10(5-29)42-25(20(38)17(22)35)44-21-9(4-28)41-23(39)18(36)16(21)34/h2,6,8-39H,3-5H2,1H3/t6?,8?,9?,10?,11?,12-,13+,14?,15+,16?,17?,18?,19?,20?,21?,22?,23-,24+,25+/m1/s1. The van der Waals surface area contributed by atoms with Crippen molar-refractivity contribution in [2.24, 2.45) is 0 Å². The van der Waals surface area contributed by atoms with Gasteiger partial charge in [-0.25, -0.2) is 0 Å². The fraction of sp³-hybridized carbons (Fsp3) is 0.920. The Morgan fingerprint density at radius 3 is 1.73 bits per heavy atom. The number of aliphatic hydroxyl groups excluding tert-OH is 13. The van der Waals surface area contributed by atoms with Crippen LogP contribution in [0.3, 0.4) is 0 Å². The van der Waals surface area contributed by atoms with E-state index in [-0.39, 0.29) is 5.57 Å². The van der Waals surface area contributed by atoms with Crippen molar-refractivity contribution < 1.29 is 90.1 Å². The molecule has 256 valence electrons. The predicted octanol–water partition coefficient (Wildman–Crippen LogP) is -8.56. The van der Waals surface area contributed by atoms with Crippen LogP contribution >= 0.6 is 0 Å². The molecule has 19 nitrogen and oxygen atoms in total. The van der Waals surface area contributed by atoms with Gasteiger partial charge in [0.25, 0.3) is 0 Å². The van der Waals surface area contributed by atoms with Crippen molar-refractivity contribution in [2.45, 2.75) is 123 Å². The smallest absolute Gasteiger partial charge is 0.187 e. The lowest BCUT2D eigenvalue weighted by atomic mass is 9.86. The maximum Gasteiger partial charge on any atom is 0.187 e. The second-order valence-electron chi connectivity index (χ2n) is 11.4. The van der Waals surface area contributed by atoms with E-state index in [0.29, 0.717) is 0 Å². The first-order valence-corrected chi connectivity index (χ1v) is 14.1. The van der Waals surface area contributed by atoms with Gasteiger partial charge < -0.3 is 95.4 Å². The Morgan fingerprint density at radius 1 is 0.636 bits per heavy atom. The van der Waals surface area contributed by atoms with Crippen LogP contribution < -0.4 is 5.32 Å². The molecule has 0 saturated carbocycles. The number of ether oxygens (including phenoxy) is 5. The molecule has 19 atom stereocenters. The van der Waals surface area contributed by atoms with Crippen LogP contribution in [0.4, 0.5) is 0 Å². The van der Waals surface area contributed by atoms with Crippen molar-refractivity contribution >= 4 is 0 Å². The second kappa shape index (κ2) is 14.8. The van der Waals surface area contributed by atoms with E-state index < -0.39 is 136 Å². The van der Waals surface area contributed by atoms with E-state index in [1.165, 1.54) is 13.0 Å². The average Bonchev–Trinajstić information content (AvgIpc) is 3.00. The molecule has 14 N–H and O–H groups in total. The third-order valence-electron chi connectivity index (χ3n) is 8.48. The van der Waals surface area contributed by atoms with Crippen molar-refractivity contribution in [3.8, 4) is 0 Å². The van der Waals surface area contributed by atoms with Crippen molar-refractivity contribution in [2.75, 3.05) is 19.8 Å². The maximum atomic E-state index is 10.9. The van der Waals surface area contributed by atoms with Crippen LogP contribution in [0, 0.1) is 0 Å². The number of nitrogens with one attached hydrogen (secondary N) is 1. The minimum absolute atomic E-state index is 0.0225. The van der Waals surface area contributed by atoms with E-state index in [0.717, 1.165) is 0 Å². The second-order valence-corrected chi connectivity index (χ2v) is 11.4. The SMILES string of the molecule is CC1O[C@@H](OC2C(CO)O[C@@H](OC3C(CO)O[C@@H](O)C(O)C3O)C(O)C2O)C(O)C(O)C1NC1C=C(CO)[C@@H](O)[C@H](O)[C@H]1O. The Labute approximate surface area is 250 Å². The lowest BCUT2D eigenvalue weighted by Crippen LogP contribution is -2.68. The van der Waals surface area contributed by atoms with Crippen LogP contribution in [-0.4, -0.2) is 203 Å². The third-order valence-corrected chi connectivity index (χ3v) is 8.48. The van der Waals surface area contributed by atoms with Gasteiger partial charge >= 0.3 is 0 Å². The van der Waals surface area contributed by atoms with E-state index in [4.69, 9.17) is 23.7 Å². The summed E-state index contributed by atoms with van der Waals surface area (Å²) in [5.41, 5.74) is 0.0225. The Morgan fingerprint density at radius 2 is 1.16 bits per heavy atom. The summed E-state index contributed by atoms with van der Waals surface area (Å²) in [4.78, 5) is 0. The molecule has 0 radical (unpaired) electrons. The lowest BCUT2D eigenvalue weighted by Gasteiger charge is -2.48. The highest BCUT2D eigenvalue weighted by molar-refractivity contribution is 5.22. The van der Waals surface area contributed by atoms with E-state index in [2.05, 4.69) is 5.32 Å². The van der Waals surface area contributed by atoms with Gasteiger partial charge in [0.15, 0.2) is 18.9 Å². The molecule has 0 aromatic heterocycles. The first-order valence-electron chi connectivity index (χ1n) is 14.1. The van der Waals surface area contributed by atoms with Gasteiger partial charge in [-0.2, -0.15) is 0 Å². The Bertz CT molecular complexity index is 958. The van der Waals surface area contributed by atoms with Crippen LogP contribution in [0.5, 0.6) is 0 Å². The van der Waals surface area contributed by atoms with E-state index in [1.807, 2.05) is 0 Å². The number of hydrogen-bond donors (Lipinski definition) is 14. The van der Waals surface area contributed by atoms with Crippen molar-refractivity contribution in [1.29, 1.82) is 0 Å².